The van der Waals surface area contributed by atoms with E-state index in [0.717, 1.165) is 38.9 Å². The molecule has 1 unspecified atom stereocenters. The molecule has 1 N–H and O–H groups in total. The monoisotopic (exact) mass is 226 g/mol. The fourth-order valence-corrected chi connectivity index (χ4v) is 2.86. The molecule has 0 bridgehead atoms. The molecule has 1 aromatic heterocycles. The summed E-state index contributed by atoms with van der Waals surface area (Å²) in [6.45, 7) is 1.86. The summed E-state index contributed by atoms with van der Waals surface area (Å²) in [5.74, 6) is 0. The summed E-state index contributed by atoms with van der Waals surface area (Å²) in [5.41, 5.74) is 0.0300. The standard InChI is InChI=1S/C12H18O2S/c13-9-12(5-2-7-14-10-12)6-4-11-3-1-8-15-11/h1,3,8,13H,2,4-7,9-10H2. The average molecular weight is 226 g/mol. The van der Waals surface area contributed by atoms with Crippen LogP contribution in [0.2, 0.25) is 0 Å². The van der Waals surface area contributed by atoms with Gasteiger partial charge in [0.05, 0.1) is 13.2 Å². The van der Waals surface area contributed by atoms with Crippen molar-refractivity contribution in [3.63, 3.8) is 0 Å². The van der Waals surface area contributed by atoms with Crippen LogP contribution in [0.15, 0.2) is 17.5 Å². The molecule has 2 heterocycles. The molecule has 0 aromatic carbocycles. The molecule has 1 atom stereocenters. The minimum atomic E-state index is 0.0300. The van der Waals surface area contributed by atoms with E-state index in [1.165, 1.54) is 4.88 Å². The summed E-state index contributed by atoms with van der Waals surface area (Å²) in [7, 11) is 0. The highest BCUT2D eigenvalue weighted by Gasteiger charge is 2.31. The van der Waals surface area contributed by atoms with Gasteiger partial charge in [-0.05, 0) is 37.1 Å². The largest absolute Gasteiger partial charge is 0.396 e. The van der Waals surface area contributed by atoms with Gasteiger partial charge >= 0.3 is 0 Å². The third-order valence-electron chi connectivity index (χ3n) is 3.22. The van der Waals surface area contributed by atoms with Gasteiger partial charge in [0.1, 0.15) is 0 Å². The Morgan fingerprint density at radius 3 is 3.07 bits per heavy atom. The molecule has 1 aromatic rings. The first kappa shape index (κ1) is 11.1. The van der Waals surface area contributed by atoms with Crippen molar-refractivity contribution in [2.24, 2.45) is 5.41 Å². The Bertz CT molecular complexity index is 276. The molecule has 2 rings (SSSR count). The van der Waals surface area contributed by atoms with Crippen LogP contribution in [0.4, 0.5) is 0 Å². The number of rotatable bonds is 4. The molecule has 1 fully saturated rings. The molecule has 0 aliphatic carbocycles. The maximum atomic E-state index is 9.49. The minimum absolute atomic E-state index is 0.0300. The van der Waals surface area contributed by atoms with Crippen LogP contribution >= 0.6 is 11.3 Å². The Labute approximate surface area is 94.9 Å². The van der Waals surface area contributed by atoms with E-state index in [-0.39, 0.29) is 12.0 Å². The van der Waals surface area contributed by atoms with E-state index in [0.29, 0.717) is 0 Å². The van der Waals surface area contributed by atoms with Crippen molar-refractivity contribution in [2.45, 2.75) is 25.7 Å². The topological polar surface area (TPSA) is 29.5 Å². The predicted octanol–water partition coefficient (Wildman–Crippen LogP) is 2.47. The molecule has 3 heteroatoms. The smallest absolute Gasteiger partial charge is 0.0544 e. The highest BCUT2D eigenvalue weighted by molar-refractivity contribution is 7.09. The van der Waals surface area contributed by atoms with E-state index in [2.05, 4.69) is 17.5 Å². The normalized spacial score (nSPS) is 26.7. The number of aryl methyl sites for hydroxylation is 1. The molecule has 84 valence electrons. The fourth-order valence-electron chi connectivity index (χ4n) is 2.15. The maximum absolute atomic E-state index is 9.49. The SMILES string of the molecule is OCC1(CCc2cccs2)CCCOC1. The highest BCUT2D eigenvalue weighted by Crippen LogP contribution is 2.33. The van der Waals surface area contributed by atoms with E-state index in [1.54, 1.807) is 11.3 Å². The first-order valence-corrected chi connectivity index (χ1v) is 6.44. The summed E-state index contributed by atoms with van der Waals surface area (Å²) in [5, 5.41) is 11.6. The van der Waals surface area contributed by atoms with Crippen LogP contribution in [-0.2, 0) is 11.2 Å². The Morgan fingerprint density at radius 2 is 2.47 bits per heavy atom. The van der Waals surface area contributed by atoms with Crippen molar-refractivity contribution >= 4 is 11.3 Å². The summed E-state index contributed by atoms with van der Waals surface area (Å²) in [6.07, 6.45) is 4.31. The van der Waals surface area contributed by atoms with Gasteiger partial charge in [0.25, 0.3) is 0 Å². The molecular formula is C12H18O2S. The molecule has 1 aliphatic rings. The lowest BCUT2D eigenvalue weighted by atomic mass is 9.79. The second-order valence-electron chi connectivity index (χ2n) is 4.39. The zero-order valence-electron chi connectivity index (χ0n) is 8.95. The molecular weight excluding hydrogens is 208 g/mol. The van der Waals surface area contributed by atoms with Crippen molar-refractivity contribution in [1.82, 2.24) is 0 Å². The Kier molecular flexibility index (Phi) is 3.78. The average Bonchev–Trinajstić information content (AvgIpc) is 2.81. The Morgan fingerprint density at radius 1 is 1.53 bits per heavy atom. The van der Waals surface area contributed by atoms with Crippen molar-refractivity contribution < 1.29 is 9.84 Å². The van der Waals surface area contributed by atoms with Crippen LogP contribution in [0, 0.1) is 5.41 Å². The minimum Gasteiger partial charge on any atom is -0.396 e. The van der Waals surface area contributed by atoms with Crippen molar-refractivity contribution in [1.29, 1.82) is 0 Å². The Balaban J connectivity index is 1.89. The van der Waals surface area contributed by atoms with Gasteiger partial charge in [0.15, 0.2) is 0 Å². The second-order valence-corrected chi connectivity index (χ2v) is 5.43. The van der Waals surface area contributed by atoms with Gasteiger partial charge in [-0.2, -0.15) is 0 Å². The number of hydrogen-bond acceptors (Lipinski definition) is 3. The van der Waals surface area contributed by atoms with Gasteiger partial charge in [-0.15, -0.1) is 11.3 Å². The lowest BCUT2D eigenvalue weighted by molar-refractivity contribution is -0.0424. The number of thiophene rings is 1. The van der Waals surface area contributed by atoms with Crippen molar-refractivity contribution in [3.05, 3.63) is 22.4 Å². The van der Waals surface area contributed by atoms with Gasteiger partial charge in [-0.25, -0.2) is 0 Å². The third-order valence-corrected chi connectivity index (χ3v) is 4.16. The van der Waals surface area contributed by atoms with Gasteiger partial charge in [0.2, 0.25) is 0 Å². The van der Waals surface area contributed by atoms with E-state index >= 15 is 0 Å². The first-order valence-electron chi connectivity index (χ1n) is 5.56. The second kappa shape index (κ2) is 5.10. The van der Waals surface area contributed by atoms with Crippen LogP contribution in [0.1, 0.15) is 24.1 Å². The molecule has 1 aliphatic heterocycles. The van der Waals surface area contributed by atoms with E-state index < -0.39 is 0 Å². The molecule has 2 nitrogen and oxygen atoms in total. The van der Waals surface area contributed by atoms with Crippen LogP contribution in [0.5, 0.6) is 0 Å². The summed E-state index contributed by atoms with van der Waals surface area (Å²) < 4.78 is 5.49. The lowest BCUT2D eigenvalue weighted by Gasteiger charge is -2.35. The zero-order valence-corrected chi connectivity index (χ0v) is 9.76. The van der Waals surface area contributed by atoms with Crippen molar-refractivity contribution in [3.8, 4) is 0 Å². The third kappa shape index (κ3) is 2.80. The summed E-state index contributed by atoms with van der Waals surface area (Å²) in [4.78, 5) is 1.41. The van der Waals surface area contributed by atoms with Crippen LogP contribution < -0.4 is 0 Å². The molecule has 1 saturated heterocycles. The maximum Gasteiger partial charge on any atom is 0.0544 e. The molecule has 0 radical (unpaired) electrons. The lowest BCUT2D eigenvalue weighted by Crippen LogP contribution is -2.35. The van der Waals surface area contributed by atoms with E-state index in [1.807, 2.05) is 0 Å². The van der Waals surface area contributed by atoms with Gasteiger partial charge < -0.3 is 9.84 Å². The van der Waals surface area contributed by atoms with Gasteiger partial charge in [-0.1, -0.05) is 6.07 Å². The summed E-state index contributed by atoms with van der Waals surface area (Å²) in [6, 6.07) is 4.25. The van der Waals surface area contributed by atoms with Crippen LogP contribution in [0.3, 0.4) is 0 Å². The number of aliphatic hydroxyl groups excluding tert-OH is 1. The Hall–Kier alpha value is -0.380. The first-order chi connectivity index (χ1) is 7.35. The highest BCUT2D eigenvalue weighted by atomic mass is 32.1. The van der Waals surface area contributed by atoms with Crippen molar-refractivity contribution in [2.75, 3.05) is 19.8 Å². The number of hydrogen-bond donors (Lipinski definition) is 1. The predicted molar refractivity (Wildman–Crippen MR) is 62.2 cm³/mol. The molecule has 0 saturated carbocycles. The van der Waals surface area contributed by atoms with E-state index in [4.69, 9.17) is 4.74 Å². The van der Waals surface area contributed by atoms with E-state index in [9.17, 15) is 5.11 Å². The van der Waals surface area contributed by atoms with Gasteiger partial charge in [-0.3, -0.25) is 0 Å². The number of aliphatic hydroxyl groups is 1. The fraction of sp³-hybridized carbons (Fsp3) is 0.667. The zero-order chi connectivity index (χ0) is 10.6. The molecule has 0 amide bonds. The quantitative estimate of drug-likeness (QED) is 0.854. The van der Waals surface area contributed by atoms with Crippen LogP contribution in [-0.4, -0.2) is 24.9 Å². The molecule has 15 heavy (non-hydrogen) atoms. The molecule has 0 spiro atoms. The van der Waals surface area contributed by atoms with Gasteiger partial charge in [0, 0.05) is 16.9 Å². The summed E-state index contributed by atoms with van der Waals surface area (Å²) >= 11 is 1.80. The number of ether oxygens (including phenoxy) is 1. The van der Waals surface area contributed by atoms with Crippen LogP contribution in [0.25, 0.3) is 0 Å².